The first-order valence-corrected chi connectivity index (χ1v) is 8.87. The highest BCUT2D eigenvalue weighted by Gasteiger charge is 2.20. The normalized spacial score (nSPS) is 15.8. The summed E-state index contributed by atoms with van der Waals surface area (Å²) in [5, 5.41) is 0.710. The number of ether oxygens (including phenoxy) is 1. The predicted octanol–water partition coefficient (Wildman–Crippen LogP) is 2.37. The third kappa shape index (κ3) is 5.80. The molecule has 5 nitrogen and oxygen atoms in total. The van der Waals surface area contributed by atoms with E-state index >= 15 is 0 Å². The van der Waals surface area contributed by atoms with Gasteiger partial charge in [0.25, 0.3) is 0 Å². The summed E-state index contributed by atoms with van der Waals surface area (Å²) in [6.07, 6.45) is 1.99. The van der Waals surface area contributed by atoms with Crippen LogP contribution in [0.1, 0.15) is 25.3 Å². The summed E-state index contributed by atoms with van der Waals surface area (Å²) in [5.74, 6) is -0.0519. The fraction of sp³-hybridized carbons (Fsp3) is 0.556. The van der Waals surface area contributed by atoms with Crippen molar-refractivity contribution >= 4 is 23.5 Å². The number of carbonyl (C=O) groups is 2. The van der Waals surface area contributed by atoms with E-state index in [9.17, 15) is 9.59 Å². The monoisotopic (exact) mass is 352 g/mol. The Hall–Kier alpha value is -1.59. The van der Waals surface area contributed by atoms with Crippen LogP contribution in [-0.4, -0.2) is 61.0 Å². The van der Waals surface area contributed by atoms with Crippen LogP contribution in [-0.2, 0) is 20.7 Å². The van der Waals surface area contributed by atoms with Gasteiger partial charge in [-0.3, -0.25) is 14.5 Å². The quantitative estimate of drug-likeness (QED) is 0.737. The average molecular weight is 353 g/mol. The molecule has 1 aliphatic heterocycles. The van der Waals surface area contributed by atoms with E-state index < -0.39 is 0 Å². The molecule has 24 heavy (non-hydrogen) atoms. The van der Waals surface area contributed by atoms with E-state index in [-0.39, 0.29) is 11.9 Å². The Morgan fingerprint density at radius 1 is 1.17 bits per heavy atom. The zero-order chi connectivity index (χ0) is 17.4. The SMILES string of the molecule is CCOC(=O)CN1CCCN(C(=O)CCc2ccccc2Cl)CC1. The van der Waals surface area contributed by atoms with Crippen LogP contribution in [0.3, 0.4) is 0 Å². The lowest BCUT2D eigenvalue weighted by atomic mass is 10.1. The number of halogens is 1. The maximum atomic E-state index is 12.4. The van der Waals surface area contributed by atoms with Crippen LogP contribution in [0.15, 0.2) is 24.3 Å². The van der Waals surface area contributed by atoms with Gasteiger partial charge in [0, 0.05) is 37.6 Å². The molecule has 0 aromatic heterocycles. The van der Waals surface area contributed by atoms with Crippen molar-refractivity contribution in [3.05, 3.63) is 34.9 Å². The van der Waals surface area contributed by atoms with E-state index in [2.05, 4.69) is 4.90 Å². The number of hydrogen-bond acceptors (Lipinski definition) is 4. The molecule has 0 aliphatic carbocycles. The molecule has 0 unspecified atom stereocenters. The lowest BCUT2D eigenvalue weighted by Crippen LogP contribution is -2.37. The van der Waals surface area contributed by atoms with Crippen LogP contribution < -0.4 is 0 Å². The summed E-state index contributed by atoms with van der Waals surface area (Å²) in [6, 6.07) is 7.63. The second-order valence-electron chi connectivity index (χ2n) is 5.91. The molecule has 0 atom stereocenters. The molecule has 0 N–H and O–H groups in total. The lowest BCUT2D eigenvalue weighted by molar-refractivity contribution is -0.144. The van der Waals surface area contributed by atoms with Gasteiger partial charge in [-0.05, 0) is 31.4 Å². The number of esters is 1. The van der Waals surface area contributed by atoms with E-state index in [1.807, 2.05) is 29.2 Å². The lowest BCUT2D eigenvalue weighted by Gasteiger charge is -2.21. The highest BCUT2D eigenvalue weighted by atomic mass is 35.5. The van der Waals surface area contributed by atoms with Gasteiger partial charge in [-0.2, -0.15) is 0 Å². The molecule has 0 bridgehead atoms. The van der Waals surface area contributed by atoms with Crippen molar-refractivity contribution in [2.75, 3.05) is 39.3 Å². The summed E-state index contributed by atoms with van der Waals surface area (Å²) in [7, 11) is 0. The molecular weight excluding hydrogens is 328 g/mol. The minimum Gasteiger partial charge on any atom is -0.465 e. The molecule has 1 aromatic rings. The standard InChI is InChI=1S/C18H25ClN2O3/c1-2-24-18(23)14-20-10-5-11-21(13-12-20)17(22)9-8-15-6-3-4-7-16(15)19/h3-4,6-7H,2,5,8-14H2,1H3. The minimum atomic E-state index is -0.198. The Morgan fingerprint density at radius 2 is 1.96 bits per heavy atom. The predicted molar refractivity (Wildman–Crippen MR) is 94.0 cm³/mol. The molecule has 2 rings (SSSR count). The Balaban J connectivity index is 1.79. The smallest absolute Gasteiger partial charge is 0.320 e. The van der Waals surface area contributed by atoms with Crippen molar-refractivity contribution < 1.29 is 14.3 Å². The topological polar surface area (TPSA) is 49.9 Å². The number of benzene rings is 1. The van der Waals surface area contributed by atoms with Gasteiger partial charge in [0.1, 0.15) is 0 Å². The molecule has 1 amide bonds. The largest absolute Gasteiger partial charge is 0.465 e. The number of nitrogens with zero attached hydrogens (tertiary/aromatic N) is 2. The van der Waals surface area contributed by atoms with E-state index in [1.165, 1.54) is 0 Å². The van der Waals surface area contributed by atoms with Gasteiger partial charge < -0.3 is 9.64 Å². The fourth-order valence-corrected chi connectivity index (χ4v) is 3.10. The molecule has 0 radical (unpaired) electrons. The van der Waals surface area contributed by atoms with Gasteiger partial charge in [-0.15, -0.1) is 0 Å². The number of hydrogen-bond donors (Lipinski definition) is 0. The molecule has 0 spiro atoms. The van der Waals surface area contributed by atoms with Crippen molar-refractivity contribution in [3.63, 3.8) is 0 Å². The number of amides is 1. The Labute approximate surface area is 148 Å². The summed E-state index contributed by atoms with van der Waals surface area (Å²) >= 11 is 6.14. The summed E-state index contributed by atoms with van der Waals surface area (Å²) in [6.45, 7) is 5.42. The summed E-state index contributed by atoms with van der Waals surface area (Å²) in [4.78, 5) is 28.0. The molecule has 1 heterocycles. The molecule has 1 saturated heterocycles. The molecule has 0 saturated carbocycles. The van der Waals surface area contributed by atoms with Crippen molar-refractivity contribution in [3.8, 4) is 0 Å². The number of rotatable bonds is 6. The molecule has 132 valence electrons. The Bertz CT molecular complexity index is 565. The molecule has 1 aliphatic rings. The van der Waals surface area contributed by atoms with Crippen molar-refractivity contribution in [2.24, 2.45) is 0 Å². The maximum Gasteiger partial charge on any atom is 0.320 e. The highest BCUT2D eigenvalue weighted by Crippen LogP contribution is 2.17. The summed E-state index contributed by atoms with van der Waals surface area (Å²) in [5.41, 5.74) is 1.01. The second kappa shape index (κ2) is 9.64. The van der Waals surface area contributed by atoms with Crippen LogP contribution in [0.5, 0.6) is 0 Å². The van der Waals surface area contributed by atoms with Gasteiger partial charge in [0.05, 0.1) is 13.2 Å². The zero-order valence-electron chi connectivity index (χ0n) is 14.2. The fourth-order valence-electron chi connectivity index (χ4n) is 2.87. The van der Waals surface area contributed by atoms with E-state index in [0.717, 1.165) is 25.1 Å². The van der Waals surface area contributed by atoms with Crippen molar-refractivity contribution in [2.45, 2.75) is 26.2 Å². The Morgan fingerprint density at radius 3 is 2.71 bits per heavy atom. The van der Waals surface area contributed by atoms with Crippen molar-refractivity contribution in [1.82, 2.24) is 9.80 Å². The van der Waals surface area contributed by atoms with Gasteiger partial charge in [-0.25, -0.2) is 0 Å². The summed E-state index contributed by atoms with van der Waals surface area (Å²) < 4.78 is 4.98. The van der Waals surface area contributed by atoms with Crippen molar-refractivity contribution in [1.29, 1.82) is 0 Å². The van der Waals surface area contributed by atoms with Gasteiger partial charge in [0.15, 0.2) is 0 Å². The first kappa shape index (κ1) is 18.7. The molecular formula is C18H25ClN2O3. The first-order valence-electron chi connectivity index (χ1n) is 8.49. The van der Waals surface area contributed by atoms with Gasteiger partial charge >= 0.3 is 5.97 Å². The van der Waals surface area contributed by atoms with Gasteiger partial charge in [0.2, 0.25) is 5.91 Å². The van der Waals surface area contributed by atoms with Crippen LogP contribution in [0.25, 0.3) is 0 Å². The maximum absolute atomic E-state index is 12.4. The van der Waals surface area contributed by atoms with E-state index in [0.29, 0.717) is 44.1 Å². The average Bonchev–Trinajstić information content (AvgIpc) is 2.80. The first-order chi connectivity index (χ1) is 11.6. The van der Waals surface area contributed by atoms with Crippen LogP contribution in [0, 0.1) is 0 Å². The third-order valence-electron chi connectivity index (χ3n) is 4.17. The van der Waals surface area contributed by atoms with Gasteiger partial charge in [-0.1, -0.05) is 29.8 Å². The Kier molecular flexibility index (Phi) is 7.53. The number of carbonyl (C=O) groups excluding carboxylic acids is 2. The second-order valence-corrected chi connectivity index (χ2v) is 6.31. The zero-order valence-corrected chi connectivity index (χ0v) is 14.9. The molecule has 1 fully saturated rings. The molecule has 6 heteroatoms. The number of aryl methyl sites for hydroxylation is 1. The van der Waals surface area contributed by atoms with Crippen LogP contribution in [0.4, 0.5) is 0 Å². The van der Waals surface area contributed by atoms with E-state index in [1.54, 1.807) is 6.92 Å². The molecule has 1 aromatic carbocycles. The van der Waals surface area contributed by atoms with Crippen LogP contribution >= 0.6 is 11.6 Å². The van der Waals surface area contributed by atoms with E-state index in [4.69, 9.17) is 16.3 Å². The highest BCUT2D eigenvalue weighted by molar-refractivity contribution is 6.31. The van der Waals surface area contributed by atoms with Crippen LogP contribution in [0.2, 0.25) is 5.02 Å². The third-order valence-corrected chi connectivity index (χ3v) is 4.53. The minimum absolute atomic E-state index is 0.146.